The highest BCUT2D eigenvalue weighted by Gasteiger charge is 2.41. The molecule has 2 aliphatic heterocycles. The summed E-state index contributed by atoms with van der Waals surface area (Å²) in [4.78, 5) is 1.24. The van der Waals surface area contributed by atoms with E-state index < -0.39 is 0 Å². The fraction of sp³-hybridized carbons (Fsp3) is 0.240. The minimum Gasteiger partial charge on any atom is -0.493 e. The van der Waals surface area contributed by atoms with E-state index in [-0.39, 0.29) is 12.3 Å². The first-order valence-electron chi connectivity index (χ1n) is 10.3. The lowest BCUT2D eigenvalue weighted by Crippen LogP contribution is -2.33. The van der Waals surface area contributed by atoms with E-state index in [1.807, 2.05) is 30.3 Å². The Balaban J connectivity index is 1.58. The van der Waals surface area contributed by atoms with Crippen LogP contribution in [0.25, 0.3) is 0 Å². The van der Waals surface area contributed by atoms with Gasteiger partial charge in [-0.2, -0.15) is 5.10 Å². The number of benzene rings is 3. The summed E-state index contributed by atoms with van der Waals surface area (Å²) in [6.45, 7) is 0. The van der Waals surface area contributed by atoms with Crippen LogP contribution < -0.4 is 14.2 Å². The van der Waals surface area contributed by atoms with Crippen LogP contribution in [0, 0.1) is 0 Å². The van der Waals surface area contributed by atoms with Gasteiger partial charge in [0.2, 0.25) is 6.23 Å². The van der Waals surface area contributed by atoms with Gasteiger partial charge in [-0.25, -0.2) is 5.01 Å². The van der Waals surface area contributed by atoms with E-state index >= 15 is 0 Å². The summed E-state index contributed by atoms with van der Waals surface area (Å²) in [5.41, 5.74) is 4.30. The van der Waals surface area contributed by atoms with Gasteiger partial charge < -0.3 is 14.2 Å². The van der Waals surface area contributed by atoms with E-state index in [9.17, 15) is 0 Å². The van der Waals surface area contributed by atoms with Crippen LogP contribution in [0.3, 0.4) is 0 Å². The lowest BCUT2D eigenvalue weighted by Gasteiger charge is -2.38. The molecule has 0 amide bonds. The Morgan fingerprint density at radius 3 is 2.50 bits per heavy atom. The second-order valence-electron chi connectivity index (χ2n) is 7.64. The van der Waals surface area contributed by atoms with Gasteiger partial charge in [0.1, 0.15) is 5.75 Å². The average molecular weight is 511 g/mol. The number of hydrogen-bond acceptors (Lipinski definition) is 6. The van der Waals surface area contributed by atoms with E-state index in [4.69, 9.17) is 19.3 Å². The van der Waals surface area contributed by atoms with Gasteiger partial charge >= 0.3 is 0 Å². The summed E-state index contributed by atoms with van der Waals surface area (Å²) < 4.78 is 18.5. The van der Waals surface area contributed by atoms with Gasteiger partial charge in [0, 0.05) is 26.9 Å². The molecule has 0 aromatic heterocycles. The van der Waals surface area contributed by atoms with Crippen LogP contribution in [0.5, 0.6) is 17.2 Å². The Kier molecular flexibility index (Phi) is 5.78. The first-order valence-corrected chi connectivity index (χ1v) is 12.3. The number of halogens is 1. The van der Waals surface area contributed by atoms with Crippen LogP contribution >= 0.6 is 27.7 Å². The summed E-state index contributed by atoms with van der Waals surface area (Å²) >= 11 is 5.35. The van der Waals surface area contributed by atoms with Crippen LogP contribution in [-0.4, -0.2) is 31.2 Å². The minimum atomic E-state index is -0.364. The Bertz CT molecular complexity index is 1180. The third kappa shape index (κ3) is 3.73. The molecule has 3 aromatic carbocycles. The molecule has 5 rings (SSSR count). The van der Waals surface area contributed by atoms with Gasteiger partial charge in [0.25, 0.3) is 0 Å². The summed E-state index contributed by atoms with van der Waals surface area (Å²) in [7, 11) is 3.28. The van der Waals surface area contributed by atoms with Crippen molar-refractivity contribution >= 4 is 33.4 Å². The Labute approximate surface area is 200 Å². The molecule has 0 spiro atoms. The molecule has 32 heavy (non-hydrogen) atoms. The maximum Gasteiger partial charge on any atom is 0.214 e. The van der Waals surface area contributed by atoms with Crippen LogP contribution in [0.2, 0.25) is 0 Å². The number of hydrogen-bond donors (Lipinski definition) is 0. The molecule has 0 fully saturated rings. The van der Waals surface area contributed by atoms with Crippen LogP contribution in [0.1, 0.15) is 35.4 Å². The van der Waals surface area contributed by atoms with Gasteiger partial charge in [0.05, 0.1) is 26.0 Å². The molecule has 0 radical (unpaired) electrons. The maximum absolute atomic E-state index is 6.48. The molecule has 7 heteroatoms. The van der Waals surface area contributed by atoms with Crippen LogP contribution in [0.15, 0.2) is 75.1 Å². The zero-order valence-electron chi connectivity index (χ0n) is 18.0. The molecule has 0 bridgehead atoms. The highest BCUT2D eigenvalue weighted by molar-refractivity contribution is 9.10. The van der Waals surface area contributed by atoms with Crippen molar-refractivity contribution in [1.82, 2.24) is 5.01 Å². The lowest BCUT2D eigenvalue weighted by molar-refractivity contribution is -0.0192. The molecule has 2 atom stereocenters. The summed E-state index contributed by atoms with van der Waals surface area (Å²) in [6.07, 6.45) is 2.54. The molecule has 0 saturated carbocycles. The zero-order valence-corrected chi connectivity index (χ0v) is 20.4. The normalized spacial score (nSPS) is 19.0. The highest BCUT2D eigenvalue weighted by atomic mass is 79.9. The van der Waals surface area contributed by atoms with Crippen molar-refractivity contribution in [3.8, 4) is 17.2 Å². The summed E-state index contributed by atoms with van der Waals surface area (Å²) in [5, 5.41) is 7.13. The molecule has 0 saturated heterocycles. The quantitative estimate of drug-likeness (QED) is 0.370. The SMILES string of the molecule is COc1ccc(C2Oc3ccc(Br)cc3C3CC(c4ccc(SC)cc4)=NN32)cc1OC. The summed E-state index contributed by atoms with van der Waals surface area (Å²) in [6, 6.07) is 20.7. The predicted molar refractivity (Wildman–Crippen MR) is 131 cm³/mol. The van der Waals surface area contributed by atoms with E-state index in [2.05, 4.69) is 57.5 Å². The molecule has 0 aliphatic carbocycles. The first-order chi connectivity index (χ1) is 15.6. The third-order valence-electron chi connectivity index (χ3n) is 5.87. The first kappa shape index (κ1) is 21.2. The topological polar surface area (TPSA) is 43.3 Å². The number of rotatable bonds is 5. The minimum absolute atomic E-state index is 0.0876. The maximum atomic E-state index is 6.48. The standard InChI is InChI=1S/C25H23BrN2O3S/c1-29-23-10-6-16(12-24(23)30-2)25-28-21(19-13-17(26)7-11-22(19)31-25)14-20(27-28)15-4-8-18(32-3)9-5-15/h4-13,21,25H,14H2,1-3H3. The molecule has 164 valence electrons. The van der Waals surface area contributed by atoms with Gasteiger partial charge in [-0.15, -0.1) is 11.8 Å². The highest BCUT2D eigenvalue weighted by Crippen LogP contribution is 2.49. The molecule has 2 unspecified atom stereocenters. The second kappa shape index (κ2) is 8.71. The van der Waals surface area contributed by atoms with Crippen molar-refractivity contribution in [2.75, 3.05) is 20.5 Å². The molecule has 2 aliphatic rings. The lowest BCUT2D eigenvalue weighted by atomic mass is 9.96. The van der Waals surface area contributed by atoms with Gasteiger partial charge in [-0.3, -0.25) is 0 Å². The van der Waals surface area contributed by atoms with Gasteiger partial charge in [-0.05, 0) is 60.4 Å². The van der Waals surface area contributed by atoms with E-state index in [1.165, 1.54) is 4.90 Å². The van der Waals surface area contributed by atoms with E-state index in [0.717, 1.165) is 39.0 Å². The average Bonchev–Trinajstić information content (AvgIpc) is 3.29. The van der Waals surface area contributed by atoms with Crippen molar-refractivity contribution in [2.24, 2.45) is 5.10 Å². The van der Waals surface area contributed by atoms with E-state index in [0.29, 0.717) is 11.5 Å². The Hall–Kier alpha value is -2.64. The van der Waals surface area contributed by atoms with Crippen molar-refractivity contribution < 1.29 is 14.2 Å². The van der Waals surface area contributed by atoms with Crippen LogP contribution in [0.4, 0.5) is 0 Å². The number of fused-ring (bicyclic) bond motifs is 3. The second-order valence-corrected chi connectivity index (χ2v) is 9.44. The van der Waals surface area contributed by atoms with Crippen molar-refractivity contribution in [1.29, 1.82) is 0 Å². The number of methoxy groups -OCH3 is 2. The Morgan fingerprint density at radius 2 is 1.78 bits per heavy atom. The number of nitrogens with zero attached hydrogens (tertiary/aromatic N) is 2. The number of ether oxygens (including phenoxy) is 3. The monoisotopic (exact) mass is 510 g/mol. The number of thioether (sulfide) groups is 1. The van der Waals surface area contributed by atoms with Crippen molar-refractivity contribution in [2.45, 2.75) is 23.6 Å². The van der Waals surface area contributed by atoms with E-state index in [1.54, 1.807) is 26.0 Å². The molecule has 2 heterocycles. The molecule has 0 N–H and O–H groups in total. The number of hydrazone groups is 1. The molecular weight excluding hydrogens is 488 g/mol. The van der Waals surface area contributed by atoms with Crippen LogP contribution in [-0.2, 0) is 0 Å². The van der Waals surface area contributed by atoms with Gasteiger partial charge in [0.15, 0.2) is 11.5 Å². The fourth-order valence-corrected chi connectivity index (χ4v) is 5.03. The molecular formula is C25H23BrN2O3S. The van der Waals surface area contributed by atoms with Gasteiger partial charge in [-0.1, -0.05) is 28.1 Å². The summed E-state index contributed by atoms with van der Waals surface area (Å²) in [5.74, 6) is 2.23. The van der Waals surface area contributed by atoms with Crippen molar-refractivity contribution in [3.63, 3.8) is 0 Å². The molecule has 3 aromatic rings. The zero-order chi connectivity index (χ0) is 22.2. The smallest absolute Gasteiger partial charge is 0.214 e. The predicted octanol–water partition coefficient (Wildman–Crippen LogP) is 6.43. The van der Waals surface area contributed by atoms with Crippen molar-refractivity contribution in [3.05, 3.63) is 81.8 Å². The largest absolute Gasteiger partial charge is 0.493 e. The molecule has 5 nitrogen and oxygen atoms in total. The Morgan fingerprint density at radius 1 is 1.00 bits per heavy atom. The third-order valence-corrected chi connectivity index (χ3v) is 7.10. The fourth-order valence-electron chi connectivity index (χ4n) is 4.24.